The molecule has 0 spiro atoms. The maximum atomic E-state index is 12.8. The molecule has 2 rings (SSSR count). The van der Waals surface area contributed by atoms with Crippen LogP contribution in [0.25, 0.3) is 0 Å². The second-order valence-electron chi connectivity index (χ2n) is 8.00. The third-order valence-electron chi connectivity index (χ3n) is 3.59. The van der Waals surface area contributed by atoms with Gasteiger partial charge in [0, 0.05) is 25.4 Å². The lowest BCUT2D eigenvalue weighted by Crippen LogP contribution is -2.11. The average Bonchev–Trinajstić information content (AvgIpc) is 2.88. The zero-order chi connectivity index (χ0) is 19.5. The van der Waals surface area contributed by atoms with Crippen molar-refractivity contribution in [1.82, 2.24) is 0 Å². The second kappa shape index (κ2) is 8.60. The highest BCUT2D eigenvalue weighted by Crippen LogP contribution is 2.41. The molecule has 1 aromatic heterocycles. The van der Waals surface area contributed by atoms with Crippen LogP contribution in [0.4, 0.5) is 0 Å². The van der Waals surface area contributed by atoms with Crippen LogP contribution in [0.1, 0.15) is 55.9 Å². The molecule has 0 aliphatic carbocycles. The monoisotopic (exact) mass is 428 g/mol. The Morgan fingerprint density at radius 2 is 1.81 bits per heavy atom. The predicted molar refractivity (Wildman–Crippen MR) is 116 cm³/mol. The van der Waals surface area contributed by atoms with E-state index in [1.165, 1.54) is 0 Å². The van der Waals surface area contributed by atoms with Gasteiger partial charge in [-0.15, -0.1) is 11.3 Å². The van der Waals surface area contributed by atoms with E-state index in [4.69, 9.17) is 4.43 Å². The van der Waals surface area contributed by atoms with Gasteiger partial charge >= 0.3 is 0 Å². The molecule has 1 heterocycles. The van der Waals surface area contributed by atoms with Crippen molar-refractivity contribution in [3.05, 3.63) is 45.6 Å². The van der Waals surface area contributed by atoms with Crippen molar-refractivity contribution < 1.29 is 12.8 Å². The van der Waals surface area contributed by atoms with Crippen molar-refractivity contribution in [2.45, 2.75) is 68.9 Å². The molecule has 0 bridgehead atoms. The third-order valence-corrected chi connectivity index (χ3v) is 9.76. The van der Waals surface area contributed by atoms with E-state index in [-0.39, 0.29) is 11.0 Å². The van der Waals surface area contributed by atoms with Crippen molar-refractivity contribution in [3.63, 3.8) is 0 Å². The van der Waals surface area contributed by atoms with E-state index in [0.717, 1.165) is 31.0 Å². The lowest BCUT2D eigenvalue weighted by Gasteiger charge is -2.16. The quantitative estimate of drug-likeness (QED) is 0.433. The summed E-state index contributed by atoms with van der Waals surface area (Å²) in [7, 11) is -3.08. The van der Waals surface area contributed by atoms with E-state index in [2.05, 4.69) is 34.6 Å². The summed E-state index contributed by atoms with van der Waals surface area (Å²) >= 11 is 1.67. The summed E-state index contributed by atoms with van der Waals surface area (Å²) in [4.78, 5) is 3.40. The molecule has 0 saturated heterocycles. The second-order valence-corrected chi connectivity index (χ2v) is 15.8. The number of benzene rings is 1. The molecule has 0 radical (unpaired) electrons. The van der Waals surface area contributed by atoms with E-state index in [0.29, 0.717) is 11.5 Å². The summed E-state index contributed by atoms with van der Waals surface area (Å²) < 4.78 is 31.5. The van der Waals surface area contributed by atoms with Crippen LogP contribution < -0.4 is 0 Å². The summed E-state index contributed by atoms with van der Waals surface area (Å²) in [6.07, 6.45) is 0. The fourth-order valence-electron chi connectivity index (χ4n) is 2.31. The molecular weight excluding hydrogens is 400 g/mol. The van der Waals surface area contributed by atoms with E-state index < -0.39 is 18.6 Å². The van der Waals surface area contributed by atoms with Crippen molar-refractivity contribution in [2.75, 3.05) is 0 Å². The minimum Gasteiger partial charge on any atom is -0.418 e. The normalized spacial score (nSPS) is 13.2. The molecule has 0 aliphatic heterocycles. The Labute approximate surface area is 167 Å². The van der Waals surface area contributed by atoms with Crippen LogP contribution in [-0.2, 0) is 19.9 Å². The van der Waals surface area contributed by atoms with E-state index in [1.54, 1.807) is 23.5 Å². The molecule has 0 fully saturated rings. The van der Waals surface area contributed by atoms with Gasteiger partial charge in [0.15, 0.2) is 9.76 Å². The standard InChI is InChI=1S/C19H28O3S3Si/c1-13(2)18-17(11-15(23-18)12-22-26-19(4,5)6)24-25(20,21)16-9-7-14(3)8-10-16/h7-11,13H,12,26H2,1-6H3. The first-order valence-electron chi connectivity index (χ1n) is 8.69. The van der Waals surface area contributed by atoms with Crippen LogP contribution in [0.5, 0.6) is 0 Å². The van der Waals surface area contributed by atoms with Gasteiger partial charge in [0.05, 0.1) is 11.5 Å². The Morgan fingerprint density at radius 1 is 1.19 bits per heavy atom. The Balaban J connectivity index is 2.20. The molecule has 2 aromatic rings. The number of rotatable bonds is 7. The molecule has 0 saturated carbocycles. The first-order valence-corrected chi connectivity index (χ1v) is 13.6. The molecule has 0 N–H and O–H groups in total. The topological polar surface area (TPSA) is 43.4 Å². The zero-order valence-electron chi connectivity index (χ0n) is 16.3. The number of thiophene rings is 1. The van der Waals surface area contributed by atoms with Gasteiger partial charge in [-0.2, -0.15) is 0 Å². The maximum absolute atomic E-state index is 12.8. The Kier molecular flexibility index (Phi) is 7.18. The van der Waals surface area contributed by atoms with Crippen LogP contribution in [0.2, 0.25) is 5.04 Å². The molecule has 7 heteroatoms. The summed E-state index contributed by atoms with van der Waals surface area (Å²) in [6, 6.07) is 9.02. The van der Waals surface area contributed by atoms with Crippen molar-refractivity contribution in [3.8, 4) is 0 Å². The van der Waals surface area contributed by atoms with Crippen molar-refractivity contribution in [1.29, 1.82) is 0 Å². The van der Waals surface area contributed by atoms with Crippen LogP contribution >= 0.6 is 22.1 Å². The van der Waals surface area contributed by atoms with Gasteiger partial charge in [-0.1, -0.05) is 52.3 Å². The van der Waals surface area contributed by atoms with Gasteiger partial charge in [0.2, 0.25) is 8.87 Å². The summed E-state index contributed by atoms with van der Waals surface area (Å²) in [6.45, 7) is 13.3. The van der Waals surface area contributed by atoms with Crippen LogP contribution in [-0.4, -0.2) is 18.2 Å². The molecule has 1 aromatic carbocycles. The fraction of sp³-hybridized carbons (Fsp3) is 0.474. The highest BCUT2D eigenvalue weighted by Gasteiger charge is 2.22. The lowest BCUT2D eigenvalue weighted by molar-refractivity contribution is 0.313. The molecule has 144 valence electrons. The average molecular weight is 429 g/mol. The van der Waals surface area contributed by atoms with Crippen LogP contribution in [0.3, 0.4) is 0 Å². The minimum atomic E-state index is -3.43. The van der Waals surface area contributed by atoms with E-state index >= 15 is 0 Å². The molecule has 3 nitrogen and oxygen atoms in total. The van der Waals surface area contributed by atoms with Gasteiger partial charge < -0.3 is 4.43 Å². The highest BCUT2D eigenvalue weighted by molar-refractivity contribution is 8.72. The molecule has 0 atom stereocenters. The van der Waals surface area contributed by atoms with Crippen molar-refractivity contribution in [2.24, 2.45) is 0 Å². The molecule has 0 aliphatic rings. The Bertz CT molecular complexity index is 832. The van der Waals surface area contributed by atoms with Gasteiger partial charge in [-0.05, 0) is 36.1 Å². The predicted octanol–water partition coefficient (Wildman–Crippen LogP) is 5.48. The zero-order valence-corrected chi connectivity index (χ0v) is 20.2. The summed E-state index contributed by atoms with van der Waals surface area (Å²) in [5, 5.41) is 0.254. The fourth-order valence-corrected chi connectivity index (χ4v) is 7.92. The Morgan fingerprint density at radius 3 is 2.35 bits per heavy atom. The first-order chi connectivity index (χ1) is 12.0. The van der Waals surface area contributed by atoms with E-state index in [9.17, 15) is 8.42 Å². The van der Waals surface area contributed by atoms with Gasteiger partial charge in [-0.3, -0.25) is 0 Å². The molecule has 0 amide bonds. The van der Waals surface area contributed by atoms with Crippen LogP contribution in [0, 0.1) is 6.92 Å². The van der Waals surface area contributed by atoms with E-state index in [1.807, 2.05) is 25.1 Å². The summed E-state index contributed by atoms with van der Waals surface area (Å²) in [5.74, 6) is 0.282. The lowest BCUT2D eigenvalue weighted by atomic mass is 10.2. The maximum Gasteiger partial charge on any atom is 0.234 e. The molecular formula is C19H28O3S3Si. The van der Waals surface area contributed by atoms with Crippen LogP contribution in [0.15, 0.2) is 40.1 Å². The SMILES string of the molecule is Cc1ccc(S(=O)(=O)Sc2cc(CO[SiH2]C(C)(C)C)sc2C(C)C)cc1. The largest absolute Gasteiger partial charge is 0.418 e. The molecule has 26 heavy (non-hydrogen) atoms. The number of hydrogen-bond donors (Lipinski definition) is 0. The number of hydrogen-bond acceptors (Lipinski definition) is 5. The third kappa shape index (κ3) is 6.23. The number of aryl methyl sites for hydroxylation is 1. The van der Waals surface area contributed by atoms with Gasteiger partial charge in [-0.25, -0.2) is 8.42 Å². The first kappa shape index (κ1) is 21.7. The summed E-state index contributed by atoms with van der Waals surface area (Å²) in [5.41, 5.74) is 1.05. The Hall–Kier alpha value is -0.603. The molecule has 0 unspecified atom stereocenters. The van der Waals surface area contributed by atoms with Gasteiger partial charge in [0.1, 0.15) is 0 Å². The van der Waals surface area contributed by atoms with Crippen molar-refractivity contribution >= 4 is 40.8 Å². The minimum absolute atomic E-state index is 0.254. The smallest absolute Gasteiger partial charge is 0.234 e. The highest BCUT2D eigenvalue weighted by atomic mass is 33.1. The van der Waals surface area contributed by atoms with Gasteiger partial charge in [0.25, 0.3) is 0 Å².